The maximum atomic E-state index is 13.2. The van der Waals surface area contributed by atoms with Gasteiger partial charge in [0.15, 0.2) is 5.96 Å². The number of carbonyl (C=O) groups excluding carboxylic acids is 4. The van der Waals surface area contributed by atoms with Gasteiger partial charge in [-0.15, -0.1) is 0 Å². The van der Waals surface area contributed by atoms with Crippen LogP contribution in [0, 0.1) is 5.92 Å². The lowest BCUT2D eigenvalue weighted by Crippen LogP contribution is -2.55. The van der Waals surface area contributed by atoms with Crippen molar-refractivity contribution in [1.82, 2.24) is 21.3 Å². The van der Waals surface area contributed by atoms with Gasteiger partial charge in [-0.25, -0.2) is 4.79 Å². The van der Waals surface area contributed by atoms with Crippen LogP contribution in [0.15, 0.2) is 35.3 Å². The Balaban J connectivity index is 1.97. The molecule has 0 radical (unpaired) electrons. The lowest BCUT2D eigenvalue weighted by Gasteiger charge is -2.28. The maximum Gasteiger partial charge on any atom is 0.408 e. The zero-order valence-corrected chi connectivity index (χ0v) is 26.9. The largest absolute Gasteiger partial charge is 0.445 e. The van der Waals surface area contributed by atoms with E-state index in [2.05, 4.69) is 26.3 Å². The Kier molecular flexibility index (Phi) is 16.8. The molecule has 2 rings (SSSR count). The van der Waals surface area contributed by atoms with Crippen molar-refractivity contribution in [2.24, 2.45) is 22.4 Å². The normalized spacial score (nSPS) is 16.0. The summed E-state index contributed by atoms with van der Waals surface area (Å²) < 4.78 is 5.29. The fourth-order valence-corrected chi connectivity index (χ4v) is 5.22. The summed E-state index contributed by atoms with van der Waals surface area (Å²) in [5.41, 5.74) is 11.5. The number of nitrogens with two attached hydrogens (primary N) is 2. The number of guanidine groups is 1. The van der Waals surface area contributed by atoms with Crippen molar-refractivity contribution < 1.29 is 29.0 Å². The van der Waals surface area contributed by atoms with Crippen LogP contribution in [-0.4, -0.2) is 71.7 Å². The van der Waals surface area contributed by atoms with Crippen LogP contribution in [0.1, 0.15) is 90.5 Å². The topological polar surface area (TPSA) is 210 Å². The molecule has 1 aromatic rings. The third-order valence-electron chi connectivity index (χ3n) is 7.65. The molecule has 13 nitrogen and oxygen atoms in total. The lowest BCUT2D eigenvalue weighted by atomic mass is 9.94. The van der Waals surface area contributed by atoms with Gasteiger partial charge in [-0.2, -0.15) is 0 Å². The maximum absolute atomic E-state index is 13.2. The predicted molar refractivity (Wildman–Crippen MR) is 173 cm³/mol. The molecule has 4 atom stereocenters. The molecular weight excluding hydrogens is 578 g/mol. The van der Waals surface area contributed by atoms with E-state index in [0.717, 1.165) is 31.2 Å². The van der Waals surface area contributed by atoms with Crippen molar-refractivity contribution in [3.8, 4) is 0 Å². The van der Waals surface area contributed by atoms with Crippen LogP contribution in [-0.2, 0) is 25.7 Å². The molecule has 1 fully saturated rings. The molecule has 0 spiro atoms. The summed E-state index contributed by atoms with van der Waals surface area (Å²) >= 11 is 0. The molecule has 252 valence electrons. The van der Waals surface area contributed by atoms with Gasteiger partial charge in [-0.1, -0.05) is 63.4 Å². The zero-order chi connectivity index (χ0) is 33.2. The third-order valence-corrected chi connectivity index (χ3v) is 7.65. The average molecular weight is 632 g/mol. The fourth-order valence-electron chi connectivity index (χ4n) is 5.22. The molecule has 0 heterocycles. The number of carbonyl (C=O) groups is 4. The number of alkyl carbamates (subject to hydrolysis) is 1. The Morgan fingerprint density at radius 2 is 1.64 bits per heavy atom. The van der Waals surface area contributed by atoms with Crippen LogP contribution in [0.4, 0.5) is 4.79 Å². The number of ether oxygens (including phenoxy) is 1. The number of aliphatic hydroxyl groups excluding tert-OH is 1. The molecule has 0 unspecified atom stereocenters. The molecule has 0 bridgehead atoms. The fraction of sp³-hybridized carbons (Fsp3) is 0.656. The summed E-state index contributed by atoms with van der Waals surface area (Å²) in [5, 5.41) is 22.0. The van der Waals surface area contributed by atoms with E-state index in [0.29, 0.717) is 25.8 Å². The van der Waals surface area contributed by atoms with Crippen LogP contribution >= 0.6 is 0 Å². The summed E-state index contributed by atoms with van der Waals surface area (Å²) in [6, 6.07) is 6.60. The van der Waals surface area contributed by atoms with Gasteiger partial charge in [-0.05, 0) is 56.9 Å². The van der Waals surface area contributed by atoms with Crippen molar-refractivity contribution in [1.29, 1.82) is 0 Å². The quantitative estimate of drug-likeness (QED) is 0.0721. The first kappa shape index (κ1) is 37.3. The van der Waals surface area contributed by atoms with E-state index < -0.39 is 42.1 Å². The van der Waals surface area contributed by atoms with E-state index in [1.54, 1.807) is 0 Å². The van der Waals surface area contributed by atoms with Crippen LogP contribution < -0.4 is 32.7 Å². The molecule has 1 saturated carbocycles. The highest BCUT2D eigenvalue weighted by Crippen LogP contribution is 2.18. The first-order chi connectivity index (χ1) is 21.4. The van der Waals surface area contributed by atoms with Gasteiger partial charge in [0.1, 0.15) is 18.7 Å². The molecular formula is C32H53N7O6. The molecule has 4 amide bonds. The first-order valence-electron chi connectivity index (χ1n) is 16.0. The van der Waals surface area contributed by atoms with Crippen molar-refractivity contribution in [3.63, 3.8) is 0 Å². The van der Waals surface area contributed by atoms with Crippen molar-refractivity contribution in [3.05, 3.63) is 35.9 Å². The van der Waals surface area contributed by atoms with E-state index >= 15 is 0 Å². The van der Waals surface area contributed by atoms with Crippen molar-refractivity contribution >= 4 is 29.8 Å². The Hall–Kier alpha value is -3.87. The Morgan fingerprint density at radius 3 is 2.29 bits per heavy atom. The second-order valence-corrected chi connectivity index (χ2v) is 12.2. The molecule has 1 aromatic carbocycles. The van der Waals surface area contributed by atoms with E-state index in [9.17, 15) is 24.3 Å². The van der Waals surface area contributed by atoms with Crippen molar-refractivity contribution in [2.45, 2.75) is 122 Å². The SMILES string of the molecule is CC(C)C[C@H](NC(=O)[C@H](C)NC(=O)[C@H](CCCCN=C(N)N)NC(=O)OCc1ccccc1)[C@@H](O)CC(=O)NC1CCCCC1. The zero-order valence-electron chi connectivity index (χ0n) is 26.9. The predicted octanol–water partition coefficient (Wildman–Crippen LogP) is 1.96. The number of aliphatic imine (C=N–C) groups is 1. The number of nitrogens with zero attached hydrogens (tertiary/aromatic N) is 1. The minimum Gasteiger partial charge on any atom is -0.445 e. The molecule has 0 saturated heterocycles. The van der Waals surface area contributed by atoms with E-state index in [4.69, 9.17) is 16.2 Å². The standard InChI is InChI=1S/C32H53N7O6/c1-21(2)18-26(27(40)19-28(41)37-24-14-8-5-9-15-24)38-29(42)22(3)36-30(43)25(16-10-11-17-35-31(33)34)39-32(44)45-20-23-12-6-4-7-13-23/h4,6-7,12-13,21-22,24-27,40H,5,8-11,14-20H2,1-3H3,(H,36,43)(H,37,41)(H,38,42)(H,39,44)(H4,33,34,35)/t22-,25-,26-,27-/m0/s1. The number of unbranched alkanes of at least 4 members (excludes halogenated alkanes) is 1. The van der Waals surface area contributed by atoms with Crippen LogP contribution in [0.5, 0.6) is 0 Å². The number of amides is 4. The smallest absolute Gasteiger partial charge is 0.408 e. The van der Waals surface area contributed by atoms with Gasteiger partial charge in [0, 0.05) is 12.6 Å². The molecule has 0 aromatic heterocycles. The van der Waals surface area contributed by atoms with Gasteiger partial charge in [0.05, 0.1) is 18.6 Å². The second kappa shape index (κ2) is 20.2. The van der Waals surface area contributed by atoms with E-state index in [1.165, 1.54) is 13.3 Å². The number of hydrogen-bond acceptors (Lipinski definition) is 7. The molecule has 1 aliphatic rings. The molecule has 9 N–H and O–H groups in total. The summed E-state index contributed by atoms with van der Waals surface area (Å²) in [7, 11) is 0. The van der Waals surface area contributed by atoms with Crippen LogP contribution in [0.3, 0.4) is 0 Å². The summed E-state index contributed by atoms with van der Waals surface area (Å²) in [6.45, 7) is 5.83. The number of nitrogens with one attached hydrogen (secondary N) is 4. The number of benzene rings is 1. The van der Waals surface area contributed by atoms with Gasteiger partial charge in [0.25, 0.3) is 0 Å². The Bertz CT molecular complexity index is 1090. The van der Waals surface area contributed by atoms with Crippen molar-refractivity contribution in [2.75, 3.05) is 6.54 Å². The monoisotopic (exact) mass is 631 g/mol. The van der Waals surface area contributed by atoms with Gasteiger partial charge in [-0.3, -0.25) is 19.4 Å². The van der Waals surface area contributed by atoms with Gasteiger partial charge >= 0.3 is 6.09 Å². The van der Waals surface area contributed by atoms with Gasteiger partial charge in [0.2, 0.25) is 17.7 Å². The van der Waals surface area contributed by atoms with Crippen LogP contribution in [0.2, 0.25) is 0 Å². The minimum atomic E-state index is -1.10. The molecule has 1 aliphatic carbocycles. The summed E-state index contributed by atoms with van der Waals surface area (Å²) in [5.74, 6) is -1.22. The molecule has 45 heavy (non-hydrogen) atoms. The number of aliphatic hydroxyl groups is 1. The highest BCUT2D eigenvalue weighted by atomic mass is 16.5. The third kappa shape index (κ3) is 15.6. The summed E-state index contributed by atoms with van der Waals surface area (Å²) in [4.78, 5) is 55.5. The Morgan fingerprint density at radius 1 is 0.956 bits per heavy atom. The number of rotatable bonds is 18. The first-order valence-corrected chi connectivity index (χ1v) is 16.0. The average Bonchev–Trinajstić information content (AvgIpc) is 2.99. The summed E-state index contributed by atoms with van der Waals surface area (Å²) in [6.07, 6.45) is 4.97. The van der Waals surface area contributed by atoms with Crippen LogP contribution in [0.25, 0.3) is 0 Å². The number of hydrogen-bond donors (Lipinski definition) is 7. The van der Waals surface area contributed by atoms with Gasteiger partial charge < -0.3 is 42.6 Å². The molecule has 13 heteroatoms. The second-order valence-electron chi connectivity index (χ2n) is 12.2. The highest BCUT2D eigenvalue weighted by molar-refractivity contribution is 5.91. The lowest BCUT2D eigenvalue weighted by molar-refractivity contribution is -0.131. The highest BCUT2D eigenvalue weighted by Gasteiger charge is 2.29. The van der Waals surface area contributed by atoms with E-state index in [-0.39, 0.29) is 43.3 Å². The minimum absolute atomic E-state index is 0.0301. The van der Waals surface area contributed by atoms with E-state index in [1.807, 2.05) is 44.2 Å². The Labute approximate surface area is 266 Å². The molecule has 0 aliphatic heterocycles.